The Labute approximate surface area is 162 Å². The number of aromatic nitrogens is 2. The van der Waals surface area contributed by atoms with E-state index in [0.717, 1.165) is 32.8 Å². The number of H-pyrrole nitrogens is 1. The van der Waals surface area contributed by atoms with Gasteiger partial charge < -0.3 is 14.9 Å². The number of hydrogen-bond donors (Lipinski definition) is 2. The van der Waals surface area contributed by atoms with E-state index in [1.807, 2.05) is 55.9 Å². The van der Waals surface area contributed by atoms with Crippen LogP contribution in [0.25, 0.3) is 10.9 Å². The maximum absolute atomic E-state index is 12.8. The van der Waals surface area contributed by atoms with Crippen molar-refractivity contribution in [1.82, 2.24) is 19.8 Å². The highest BCUT2D eigenvalue weighted by molar-refractivity contribution is 6.09. The zero-order valence-electron chi connectivity index (χ0n) is 16.1. The highest BCUT2D eigenvalue weighted by Crippen LogP contribution is 2.22. The summed E-state index contributed by atoms with van der Waals surface area (Å²) in [5, 5.41) is 3.73. The topological polar surface area (TPSA) is 87.2 Å². The fourth-order valence-corrected chi connectivity index (χ4v) is 3.75. The summed E-state index contributed by atoms with van der Waals surface area (Å²) in [6.07, 6.45) is 2.23. The van der Waals surface area contributed by atoms with E-state index < -0.39 is 12.1 Å². The second-order valence-corrected chi connectivity index (χ2v) is 7.26. The predicted molar refractivity (Wildman–Crippen MR) is 105 cm³/mol. The number of rotatable bonds is 5. The molecule has 0 aliphatic carbocycles. The van der Waals surface area contributed by atoms with E-state index in [9.17, 15) is 14.4 Å². The Bertz CT molecular complexity index is 1110. The maximum atomic E-state index is 12.8. The van der Waals surface area contributed by atoms with Gasteiger partial charge in [-0.2, -0.15) is 0 Å². The molecular formula is C21H22N4O3. The van der Waals surface area contributed by atoms with Gasteiger partial charge >= 0.3 is 6.03 Å². The molecule has 2 aromatic heterocycles. The third kappa shape index (κ3) is 2.89. The molecule has 0 saturated carbocycles. The van der Waals surface area contributed by atoms with Crippen LogP contribution in [0, 0.1) is 13.8 Å². The summed E-state index contributed by atoms with van der Waals surface area (Å²) >= 11 is 0. The molecule has 1 aromatic carbocycles. The highest BCUT2D eigenvalue weighted by Gasteiger charge is 2.39. The Morgan fingerprint density at radius 1 is 1.18 bits per heavy atom. The number of ketones is 1. The Morgan fingerprint density at radius 2 is 1.93 bits per heavy atom. The number of nitrogens with one attached hydrogen (secondary N) is 2. The van der Waals surface area contributed by atoms with Gasteiger partial charge in [0.15, 0.2) is 5.78 Å². The smallest absolute Gasteiger partial charge is 0.325 e. The zero-order chi connectivity index (χ0) is 20.0. The molecule has 1 atom stereocenters. The molecule has 7 heteroatoms. The van der Waals surface area contributed by atoms with Crippen molar-refractivity contribution in [3.05, 3.63) is 59.0 Å². The number of amides is 3. The fourth-order valence-electron chi connectivity index (χ4n) is 3.75. The van der Waals surface area contributed by atoms with Crippen molar-refractivity contribution >= 4 is 28.6 Å². The number of aryl methyl sites for hydroxylation is 1. The molecule has 1 saturated heterocycles. The lowest BCUT2D eigenvalue weighted by atomic mass is 10.0. The molecule has 3 aromatic rings. The van der Waals surface area contributed by atoms with Crippen LogP contribution in [0.3, 0.4) is 0 Å². The molecule has 1 fully saturated rings. The highest BCUT2D eigenvalue weighted by atomic mass is 16.2. The van der Waals surface area contributed by atoms with Gasteiger partial charge in [0, 0.05) is 47.5 Å². The molecule has 144 valence electrons. The molecule has 0 radical (unpaired) electrons. The van der Waals surface area contributed by atoms with Gasteiger partial charge in [0.05, 0.1) is 6.54 Å². The van der Waals surface area contributed by atoms with Gasteiger partial charge in [0.2, 0.25) is 0 Å². The van der Waals surface area contributed by atoms with Crippen molar-refractivity contribution < 1.29 is 14.4 Å². The summed E-state index contributed by atoms with van der Waals surface area (Å²) in [6.45, 7) is 3.51. The molecule has 3 heterocycles. The number of aromatic amines is 1. The number of urea groups is 1. The van der Waals surface area contributed by atoms with Crippen molar-refractivity contribution in [2.45, 2.75) is 26.3 Å². The Morgan fingerprint density at radius 3 is 2.64 bits per heavy atom. The number of nitrogens with zero attached hydrogens (tertiary/aromatic N) is 2. The molecule has 0 spiro atoms. The number of para-hydroxylation sites is 1. The summed E-state index contributed by atoms with van der Waals surface area (Å²) in [5.41, 5.74) is 4.26. The van der Waals surface area contributed by atoms with E-state index in [2.05, 4.69) is 10.3 Å². The summed E-state index contributed by atoms with van der Waals surface area (Å²) in [4.78, 5) is 42.0. The van der Waals surface area contributed by atoms with Crippen LogP contribution >= 0.6 is 0 Å². The lowest BCUT2D eigenvalue weighted by molar-refractivity contribution is -0.127. The average Bonchev–Trinajstić information content (AvgIpc) is 3.29. The second kappa shape index (κ2) is 6.67. The minimum atomic E-state index is -0.668. The van der Waals surface area contributed by atoms with Gasteiger partial charge in [-0.25, -0.2) is 4.79 Å². The standard InChI is InChI=1S/C21H22N4O3/c1-12-8-16(13(2)24(12)3)19(26)11-25-20(27)18(23-21(25)28)9-14-10-22-17-7-5-4-6-15(14)17/h4-8,10,18,22H,9,11H2,1-3H3,(H,23,28)/t18-/m1/s1. The monoisotopic (exact) mass is 378 g/mol. The number of Topliss-reactive ketones (excluding diaryl/α,β-unsaturated/α-hetero) is 1. The number of benzene rings is 1. The predicted octanol–water partition coefficient (Wildman–Crippen LogP) is 2.47. The van der Waals surface area contributed by atoms with Crippen molar-refractivity contribution in [2.75, 3.05) is 6.54 Å². The van der Waals surface area contributed by atoms with Gasteiger partial charge in [-0.3, -0.25) is 14.5 Å². The van der Waals surface area contributed by atoms with Crippen molar-refractivity contribution in [1.29, 1.82) is 0 Å². The first-order valence-corrected chi connectivity index (χ1v) is 9.19. The van der Waals surface area contributed by atoms with Crippen molar-refractivity contribution in [3.8, 4) is 0 Å². The van der Waals surface area contributed by atoms with E-state index in [1.165, 1.54) is 0 Å². The summed E-state index contributed by atoms with van der Waals surface area (Å²) in [5.74, 6) is -0.605. The first-order chi connectivity index (χ1) is 13.4. The van der Waals surface area contributed by atoms with Crippen LogP contribution in [0.2, 0.25) is 0 Å². The van der Waals surface area contributed by atoms with E-state index >= 15 is 0 Å². The van der Waals surface area contributed by atoms with Crippen molar-refractivity contribution in [2.24, 2.45) is 7.05 Å². The van der Waals surface area contributed by atoms with Crippen LogP contribution in [-0.2, 0) is 18.3 Å². The van der Waals surface area contributed by atoms with Crippen LogP contribution < -0.4 is 5.32 Å². The average molecular weight is 378 g/mol. The quantitative estimate of drug-likeness (QED) is 0.528. The third-order valence-electron chi connectivity index (χ3n) is 5.58. The fraction of sp³-hybridized carbons (Fsp3) is 0.286. The molecule has 0 bridgehead atoms. The molecule has 2 N–H and O–H groups in total. The number of carbonyl (C=O) groups excluding carboxylic acids is 3. The number of imide groups is 1. The molecular weight excluding hydrogens is 356 g/mol. The SMILES string of the molecule is Cc1cc(C(=O)CN2C(=O)N[C@H](Cc3c[nH]c4ccccc34)C2=O)c(C)n1C. The Hall–Kier alpha value is -3.35. The lowest BCUT2D eigenvalue weighted by Gasteiger charge is -2.12. The molecule has 7 nitrogen and oxygen atoms in total. The molecule has 4 rings (SSSR count). The Kier molecular flexibility index (Phi) is 4.30. The lowest BCUT2D eigenvalue weighted by Crippen LogP contribution is -2.36. The van der Waals surface area contributed by atoms with E-state index in [4.69, 9.17) is 0 Å². The normalized spacial score (nSPS) is 16.8. The first kappa shape index (κ1) is 18.0. The number of fused-ring (bicyclic) bond motifs is 1. The number of hydrogen-bond acceptors (Lipinski definition) is 3. The van der Waals surface area contributed by atoms with Gasteiger partial charge in [0.1, 0.15) is 6.04 Å². The number of carbonyl (C=O) groups is 3. The van der Waals surface area contributed by atoms with E-state index in [-0.39, 0.29) is 18.2 Å². The van der Waals surface area contributed by atoms with Gasteiger partial charge in [-0.05, 0) is 31.5 Å². The molecule has 1 aliphatic rings. The summed E-state index contributed by atoms with van der Waals surface area (Å²) < 4.78 is 1.92. The molecule has 1 aliphatic heterocycles. The summed E-state index contributed by atoms with van der Waals surface area (Å²) in [7, 11) is 1.88. The second-order valence-electron chi connectivity index (χ2n) is 7.26. The van der Waals surface area contributed by atoms with Crippen LogP contribution in [0.1, 0.15) is 27.3 Å². The largest absolute Gasteiger partial charge is 0.361 e. The van der Waals surface area contributed by atoms with Crippen LogP contribution in [-0.4, -0.2) is 44.8 Å². The van der Waals surface area contributed by atoms with Crippen LogP contribution in [0.4, 0.5) is 4.79 Å². The minimum absolute atomic E-state index is 0.238. The van der Waals surface area contributed by atoms with E-state index in [0.29, 0.717) is 12.0 Å². The summed E-state index contributed by atoms with van der Waals surface area (Å²) in [6, 6.07) is 8.41. The van der Waals surface area contributed by atoms with Crippen molar-refractivity contribution in [3.63, 3.8) is 0 Å². The Balaban J connectivity index is 1.51. The maximum Gasteiger partial charge on any atom is 0.325 e. The molecule has 0 unspecified atom stereocenters. The first-order valence-electron chi connectivity index (χ1n) is 9.19. The van der Waals surface area contributed by atoms with E-state index in [1.54, 1.807) is 6.07 Å². The van der Waals surface area contributed by atoms with Crippen LogP contribution in [0.15, 0.2) is 36.5 Å². The third-order valence-corrected chi connectivity index (χ3v) is 5.58. The molecule has 28 heavy (non-hydrogen) atoms. The minimum Gasteiger partial charge on any atom is -0.361 e. The van der Waals surface area contributed by atoms with Gasteiger partial charge in [-0.15, -0.1) is 0 Å². The van der Waals surface area contributed by atoms with Gasteiger partial charge in [-0.1, -0.05) is 18.2 Å². The zero-order valence-corrected chi connectivity index (χ0v) is 16.1. The van der Waals surface area contributed by atoms with Gasteiger partial charge in [0.25, 0.3) is 5.91 Å². The molecule has 3 amide bonds. The van der Waals surface area contributed by atoms with Crippen LogP contribution in [0.5, 0.6) is 0 Å².